The van der Waals surface area contributed by atoms with Crippen molar-refractivity contribution in [2.45, 2.75) is 13.3 Å². The van der Waals surface area contributed by atoms with Gasteiger partial charge >= 0.3 is 0 Å². The SMILES string of the molecule is CCc1ccccc1Nc1nc(N)cn2ccnc12. The van der Waals surface area contributed by atoms with Crippen LogP contribution in [0.4, 0.5) is 17.3 Å². The van der Waals surface area contributed by atoms with Gasteiger partial charge in [-0.2, -0.15) is 0 Å². The van der Waals surface area contributed by atoms with Crippen LogP contribution < -0.4 is 11.1 Å². The van der Waals surface area contributed by atoms with Crippen molar-refractivity contribution in [1.29, 1.82) is 0 Å². The number of benzene rings is 1. The van der Waals surface area contributed by atoms with Gasteiger partial charge in [-0.25, -0.2) is 9.97 Å². The first-order valence-electron chi connectivity index (χ1n) is 6.22. The summed E-state index contributed by atoms with van der Waals surface area (Å²) in [6.45, 7) is 2.12. The van der Waals surface area contributed by atoms with Crippen LogP contribution in [0.25, 0.3) is 5.65 Å². The van der Waals surface area contributed by atoms with Crippen molar-refractivity contribution in [3.05, 3.63) is 48.4 Å². The van der Waals surface area contributed by atoms with E-state index in [0.29, 0.717) is 11.6 Å². The summed E-state index contributed by atoms with van der Waals surface area (Å²) in [5.74, 6) is 1.13. The first-order chi connectivity index (χ1) is 9.28. The van der Waals surface area contributed by atoms with Gasteiger partial charge in [0, 0.05) is 18.1 Å². The summed E-state index contributed by atoms with van der Waals surface area (Å²) in [6, 6.07) is 8.15. The van der Waals surface area contributed by atoms with Gasteiger partial charge in [-0.15, -0.1) is 0 Å². The number of nitrogen functional groups attached to an aromatic ring is 1. The van der Waals surface area contributed by atoms with E-state index in [1.54, 1.807) is 12.4 Å². The van der Waals surface area contributed by atoms with Crippen LogP contribution in [0.5, 0.6) is 0 Å². The molecular formula is C14H15N5. The maximum absolute atomic E-state index is 5.81. The maximum atomic E-state index is 5.81. The van der Waals surface area contributed by atoms with Gasteiger partial charge in [0.1, 0.15) is 5.82 Å². The Labute approximate surface area is 111 Å². The second-order valence-corrected chi connectivity index (χ2v) is 4.31. The summed E-state index contributed by atoms with van der Waals surface area (Å²) in [6.07, 6.45) is 6.28. The fourth-order valence-corrected chi connectivity index (χ4v) is 2.11. The molecule has 0 unspecified atom stereocenters. The lowest BCUT2D eigenvalue weighted by Crippen LogP contribution is -2.03. The second-order valence-electron chi connectivity index (χ2n) is 4.31. The number of aryl methyl sites for hydroxylation is 1. The Morgan fingerprint density at radius 1 is 1.32 bits per heavy atom. The lowest BCUT2D eigenvalue weighted by Gasteiger charge is -2.11. The molecular weight excluding hydrogens is 238 g/mol. The van der Waals surface area contributed by atoms with Crippen molar-refractivity contribution in [3.63, 3.8) is 0 Å². The molecule has 3 aromatic rings. The zero-order valence-electron chi connectivity index (χ0n) is 10.7. The molecule has 0 saturated carbocycles. The number of fused-ring (bicyclic) bond motifs is 1. The summed E-state index contributed by atoms with van der Waals surface area (Å²) < 4.78 is 1.86. The Morgan fingerprint density at radius 3 is 3.00 bits per heavy atom. The topological polar surface area (TPSA) is 68.2 Å². The Kier molecular flexibility index (Phi) is 2.79. The molecule has 0 amide bonds. The molecule has 0 aliphatic carbocycles. The number of anilines is 3. The Balaban J connectivity index is 2.07. The number of para-hydroxylation sites is 1. The van der Waals surface area contributed by atoms with Crippen LogP contribution in [0.1, 0.15) is 12.5 Å². The van der Waals surface area contributed by atoms with E-state index < -0.39 is 0 Å². The number of rotatable bonds is 3. The molecule has 1 aromatic carbocycles. The van der Waals surface area contributed by atoms with Crippen LogP contribution in [0.3, 0.4) is 0 Å². The van der Waals surface area contributed by atoms with Gasteiger partial charge < -0.3 is 15.5 Å². The lowest BCUT2D eigenvalue weighted by molar-refractivity contribution is 1.12. The fraction of sp³-hybridized carbons (Fsp3) is 0.143. The van der Waals surface area contributed by atoms with Crippen LogP contribution in [-0.2, 0) is 6.42 Å². The van der Waals surface area contributed by atoms with Crippen molar-refractivity contribution >= 4 is 23.0 Å². The van der Waals surface area contributed by atoms with Crippen LogP contribution in [0.15, 0.2) is 42.9 Å². The third-order valence-electron chi connectivity index (χ3n) is 3.04. The summed E-state index contributed by atoms with van der Waals surface area (Å²) >= 11 is 0. The Morgan fingerprint density at radius 2 is 2.16 bits per heavy atom. The van der Waals surface area contributed by atoms with Crippen LogP contribution in [0.2, 0.25) is 0 Å². The number of nitrogens with zero attached hydrogens (tertiary/aromatic N) is 3. The average molecular weight is 253 g/mol. The number of nitrogens with two attached hydrogens (primary N) is 1. The quantitative estimate of drug-likeness (QED) is 0.753. The minimum atomic E-state index is 0.460. The van der Waals surface area contributed by atoms with Gasteiger partial charge in [0.15, 0.2) is 11.5 Å². The number of hydrogen-bond acceptors (Lipinski definition) is 4. The van der Waals surface area contributed by atoms with E-state index in [2.05, 4.69) is 28.3 Å². The molecule has 5 heteroatoms. The third-order valence-corrected chi connectivity index (χ3v) is 3.04. The number of nitrogens with one attached hydrogen (secondary N) is 1. The van der Waals surface area contributed by atoms with Crippen LogP contribution in [0, 0.1) is 0 Å². The Hall–Kier alpha value is -2.56. The second kappa shape index (κ2) is 4.61. The molecule has 3 N–H and O–H groups in total. The predicted molar refractivity (Wildman–Crippen MR) is 76.5 cm³/mol. The average Bonchev–Trinajstić information content (AvgIpc) is 2.87. The highest BCUT2D eigenvalue weighted by molar-refractivity contribution is 5.72. The van der Waals surface area contributed by atoms with Crippen LogP contribution in [-0.4, -0.2) is 14.4 Å². The fourth-order valence-electron chi connectivity index (χ4n) is 2.11. The predicted octanol–water partition coefficient (Wildman–Crippen LogP) is 2.62. The number of imidazole rings is 1. The minimum Gasteiger partial charge on any atom is -0.382 e. The van der Waals surface area contributed by atoms with Crippen molar-refractivity contribution in [2.24, 2.45) is 0 Å². The van der Waals surface area contributed by atoms with Gasteiger partial charge in [-0.1, -0.05) is 25.1 Å². The van der Waals surface area contributed by atoms with Crippen LogP contribution >= 0.6 is 0 Å². The largest absolute Gasteiger partial charge is 0.382 e. The molecule has 19 heavy (non-hydrogen) atoms. The summed E-state index contributed by atoms with van der Waals surface area (Å²) in [4.78, 5) is 8.62. The van der Waals surface area contributed by atoms with Gasteiger partial charge in [0.2, 0.25) is 0 Å². The van der Waals surface area contributed by atoms with Gasteiger partial charge in [-0.05, 0) is 18.1 Å². The lowest BCUT2D eigenvalue weighted by atomic mass is 10.1. The minimum absolute atomic E-state index is 0.460. The van der Waals surface area contributed by atoms with Crippen molar-refractivity contribution in [1.82, 2.24) is 14.4 Å². The highest BCUT2D eigenvalue weighted by Crippen LogP contribution is 2.23. The van der Waals surface area contributed by atoms with Gasteiger partial charge in [0.25, 0.3) is 0 Å². The monoisotopic (exact) mass is 253 g/mol. The molecule has 5 nitrogen and oxygen atoms in total. The molecule has 0 atom stereocenters. The Bertz CT molecular complexity index is 717. The third kappa shape index (κ3) is 2.10. The van der Waals surface area contributed by atoms with E-state index in [4.69, 9.17) is 5.73 Å². The molecule has 0 aliphatic rings. The number of aromatic nitrogens is 3. The zero-order valence-corrected chi connectivity index (χ0v) is 10.7. The van der Waals surface area contributed by atoms with E-state index in [1.807, 2.05) is 28.8 Å². The highest BCUT2D eigenvalue weighted by Gasteiger charge is 2.08. The molecule has 0 radical (unpaired) electrons. The standard InChI is InChI=1S/C14H15N5/c1-2-10-5-3-4-6-11(10)17-13-14-16-7-8-19(14)9-12(15)18-13/h3-9H,2,15H2,1H3,(H,17,18). The summed E-state index contributed by atoms with van der Waals surface area (Å²) in [5, 5.41) is 3.32. The van der Waals surface area contributed by atoms with Gasteiger partial charge in [-0.3, -0.25) is 0 Å². The van der Waals surface area contributed by atoms with E-state index in [9.17, 15) is 0 Å². The molecule has 2 aromatic heterocycles. The molecule has 0 aliphatic heterocycles. The summed E-state index contributed by atoms with van der Waals surface area (Å²) in [7, 11) is 0. The highest BCUT2D eigenvalue weighted by atomic mass is 15.1. The maximum Gasteiger partial charge on any atom is 0.180 e. The van der Waals surface area contributed by atoms with E-state index in [0.717, 1.165) is 17.8 Å². The van der Waals surface area contributed by atoms with Crippen molar-refractivity contribution in [3.8, 4) is 0 Å². The van der Waals surface area contributed by atoms with Gasteiger partial charge in [0.05, 0.1) is 6.20 Å². The van der Waals surface area contributed by atoms with Crippen molar-refractivity contribution in [2.75, 3.05) is 11.1 Å². The van der Waals surface area contributed by atoms with Crippen molar-refractivity contribution < 1.29 is 0 Å². The molecule has 3 rings (SSSR count). The summed E-state index contributed by atoms with van der Waals surface area (Å²) in [5.41, 5.74) is 8.84. The zero-order chi connectivity index (χ0) is 13.2. The normalized spacial score (nSPS) is 10.8. The molecule has 2 heterocycles. The first kappa shape index (κ1) is 11.5. The number of hydrogen-bond donors (Lipinski definition) is 2. The first-order valence-corrected chi connectivity index (χ1v) is 6.22. The smallest absolute Gasteiger partial charge is 0.180 e. The molecule has 0 spiro atoms. The molecule has 0 fully saturated rings. The molecule has 0 saturated heterocycles. The van der Waals surface area contributed by atoms with E-state index in [1.165, 1.54) is 5.56 Å². The van der Waals surface area contributed by atoms with E-state index in [-0.39, 0.29) is 0 Å². The molecule has 96 valence electrons. The van der Waals surface area contributed by atoms with E-state index >= 15 is 0 Å². The molecule has 0 bridgehead atoms.